The second kappa shape index (κ2) is 11.6. The van der Waals surface area contributed by atoms with Gasteiger partial charge in [0.2, 0.25) is 5.91 Å². The number of hydrogen-bond donors (Lipinski definition) is 1. The predicted molar refractivity (Wildman–Crippen MR) is 119 cm³/mol. The third-order valence-corrected chi connectivity index (χ3v) is 6.34. The van der Waals surface area contributed by atoms with Crippen molar-refractivity contribution < 1.29 is 23.8 Å². The van der Waals surface area contributed by atoms with Crippen LogP contribution >= 0.6 is 11.3 Å². The SMILES string of the molecule is CCCN(CC(=O)N1CCc2sccc2[C@H]1COc1cccc(F)c1)C[C@H](O)COC. The number of nitrogens with zero attached hydrogens (tertiary/aromatic N) is 2. The van der Waals surface area contributed by atoms with Crippen molar-refractivity contribution >= 4 is 17.2 Å². The summed E-state index contributed by atoms with van der Waals surface area (Å²) in [6.45, 7) is 4.49. The standard InChI is InChI=1S/C23H31FN2O4S/c1-3-9-25(13-18(27)15-29-2)14-23(28)26-10-7-22-20(8-11-31-22)21(26)16-30-19-6-4-5-17(24)12-19/h4-6,8,11-12,18,21,27H,3,7,9-10,13-16H2,1-2H3/t18-,21+/m0/s1. The molecule has 2 aromatic rings. The molecule has 0 unspecified atom stereocenters. The lowest BCUT2D eigenvalue weighted by molar-refractivity contribution is -0.136. The summed E-state index contributed by atoms with van der Waals surface area (Å²) < 4.78 is 24.4. The third kappa shape index (κ3) is 6.49. The van der Waals surface area contributed by atoms with E-state index >= 15 is 0 Å². The maximum atomic E-state index is 13.5. The van der Waals surface area contributed by atoms with Gasteiger partial charge in [-0.05, 0) is 48.5 Å². The van der Waals surface area contributed by atoms with E-state index in [9.17, 15) is 14.3 Å². The highest BCUT2D eigenvalue weighted by molar-refractivity contribution is 7.10. The highest BCUT2D eigenvalue weighted by Gasteiger charge is 2.33. The molecule has 170 valence electrons. The van der Waals surface area contributed by atoms with E-state index in [-0.39, 0.29) is 37.5 Å². The molecule has 0 spiro atoms. The molecule has 1 aliphatic rings. The normalized spacial score (nSPS) is 16.9. The first-order valence-electron chi connectivity index (χ1n) is 10.6. The molecule has 6 nitrogen and oxygen atoms in total. The molecule has 0 saturated carbocycles. The first-order valence-corrected chi connectivity index (χ1v) is 11.5. The highest BCUT2D eigenvalue weighted by Crippen LogP contribution is 2.34. The Balaban J connectivity index is 1.71. The van der Waals surface area contributed by atoms with Crippen LogP contribution in [0, 0.1) is 5.82 Å². The van der Waals surface area contributed by atoms with E-state index < -0.39 is 6.10 Å². The molecule has 0 saturated heterocycles. The van der Waals surface area contributed by atoms with Crippen molar-refractivity contribution in [2.75, 3.05) is 46.5 Å². The molecule has 1 aliphatic heterocycles. The number of benzene rings is 1. The number of aliphatic hydroxyl groups is 1. The Hall–Kier alpha value is -2.00. The zero-order chi connectivity index (χ0) is 22.2. The van der Waals surface area contributed by atoms with Gasteiger partial charge in [-0.3, -0.25) is 9.69 Å². The minimum atomic E-state index is -0.638. The van der Waals surface area contributed by atoms with Crippen molar-refractivity contribution in [1.82, 2.24) is 9.80 Å². The fourth-order valence-electron chi connectivity index (χ4n) is 3.98. The van der Waals surface area contributed by atoms with Crippen LogP contribution in [0.15, 0.2) is 35.7 Å². The molecule has 2 atom stereocenters. The Labute approximate surface area is 187 Å². The summed E-state index contributed by atoms with van der Waals surface area (Å²) in [6, 6.07) is 7.87. The van der Waals surface area contributed by atoms with Gasteiger partial charge in [0.1, 0.15) is 18.2 Å². The number of methoxy groups -OCH3 is 1. The molecule has 1 aromatic carbocycles. The average Bonchev–Trinajstić information content (AvgIpc) is 3.21. The van der Waals surface area contributed by atoms with Gasteiger partial charge in [0.25, 0.3) is 0 Å². The minimum absolute atomic E-state index is 0.00255. The number of carbonyl (C=O) groups excluding carboxylic acids is 1. The molecule has 0 radical (unpaired) electrons. The average molecular weight is 451 g/mol. The Kier molecular flexibility index (Phi) is 8.83. The first-order chi connectivity index (χ1) is 15.0. The number of ether oxygens (including phenoxy) is 2. The summed E-state index contributed by atoms with van der Waals surface area (Å²) >= 11 is 1.69. The first kappa shape index (κ1) is 23.7. The molecule has 0 bridgehead atoms. The summed E-state index contributed by atoms with van der Waals surface area (Å²) in [6.07, 6.45) is 1.06. The molecule has 1 amide bonds. The Morgan fingerprint density at radius 3 is 3.00 bits per heavy atom. The largest absolute Gasteiger partial charge is 0.491 e. The monoisotopic (exact) mass is 450 g/mol. The van der Waals surface area contributed by atoms with Crippen molar-refractivity contribution in [3.63, 3.8) is 0 Å². The van der Waals surface area contributed by atoms with Crippen LogP contribution in [0.5, 0.6) is 5.75 Å². The molecule has 2 heterocycles. The van der Waals surface area contributed by atoms with Crippen molar-refractivity contribution in [2.45, 2.75) is 31.9 Å². The molecular weight excluding hydrogens is 419 g/mol. The van der Waals surface area contributed by atoms with Gasteiger partial charge in [0.05, 0.1) is 25.3 Å². The Morgan fingerprint density at radius 1 is 1.42 bits per heavy atom. The number of hydrogen-bond acceptors (Lipinski definition) is 6. The van der Waals surface area contributed by atoms with Gasteiger partial charge in [0, 0.05) is 31.1 Å². The van der Waals surface area contributed by atoms with Crippen molar-refractivity contribution in [3.8, 4) is 5.75 Å². The molecule has 3 rings (SSSR count). The van der Waals surface area contributed by atoms with Crippen molar-refractivity contribution in [2.24, 2.45) is 0 Å². The number of fused-ring (bicyclic) bond motifs is 1. The summed E-state index contributed by atoms with van der Waals surface area (Å²) in [4.78, 5) is 18.4. The van der Waals surface area contributed by atoms with Crippen LogP contribution in [-0.2, 0) is 16.0 Å². The smallest absolute Gasteiger partial charge is 0.237 e. The van der Waals surface area contributed by atoms with Gasteiger partial charge in [-0.2, -0.15) is 0 Å². The highest BCUT2D eigenvalue weighted by atomic mass is 32.1. The van der Waals surface area contributed by atoms with Crippen LogP contribution in [0.2, 0.25) is 0 Å². The number of thiophene rings is 1. The van der Waals surface area contributed by atoms with Crippen LogP contribution in [0.3, 0.4) is 0 Å². The number of amides is 1. The zero-order valence-electron chi connectivity index (χ0n) is 18.1. The maximum absolute atomic E-state index is 13.5. The molecule has 31 heavy (non-hydrogen) atoms. The third-order valence-electron chi connectivity index (χ3n) is 5.35. The van der Waals surface area contributed by atoms with Gasteiger partial charge >= 0.3 is 0 Å². The maximum Gasteiger partial charge on any atom is 0.237 e. The quantitative estimate of drug-likeness (QED) is 0.570. The lowest BCUT2D eigenvalue weighted by atomic mass is 10.0. The van der Waals surface area contributed by atoms with Crippen molar-refractivity contribution in [3.05, 3.63) is 52.0 Å². The molecular formula is C23H31FN2O4S. The summed E-state index contributed by atoms with van der Waals surface area (Å²) in [7, 11) is 1.55. The number of carbonyl (C=O) groups is 1. The molecule has 1 N–H and O–H groups in total. The van der Waals surface area contributed by atoms with Crippen LogP contribution in [0.1, 0.15) is 29.8 Å². The Morgan fingerprint density at radius 2 is 2.26 bits per heavy atom. The van der Waals surface area contributed by atoms with Gasteiger partial charge in [-0.15, -0.1) is 11.3 Å². The molecule has 8 heteroatoms. The van der Waals surface area contributed by atoms with E-state index in [2.05, 4.69) is 0 Å². The van der Waals surface area contributed by atoms with Crippen LogP contribution < -0.4 is 4.74 Å². The van der Waals surface area contributed by atoms with E-state index in [4.69, 9.17) is 9.47 Å². The number of rotatable bonds is 11. The van der Waals surface area contributed by atoms with E-state index in [1.54, 1.807) is 30.6 Å². The van der Waals surface area contributed by atoms with Gasteiger partial charge < -0.3 is 19.5 Å². The summed E-state index contributed by atoms with van der Waals surface area (Å²) in [5.41, 5.74) is 1.10. The Bertz CT molecular complexity index is 846. The van der Waals surface area contributed by atoms with Crippen LogP contribution in [0.25, 0.3) is 0 Å². The second-order valence-electron chi connectivity index (χ2n) is 7.76. The zero-order valence-corrected chi connectivity index (χ0v) is 18.9. The second-order valence-corrected chi connectivity index (χ2v) is 8.77. The van der Waals surface area contributed by atoms with Crippen LogP contribution in [0.4, 0.5) is 4.39 Å². The van der Waals surface area contributed by atoms with E-state index in [1.165, 1.54) is 17.0 Å². The topological polar surface area (TPSA) is 62.2 Å². The summed E-state index contributed by atoms with van der Waals surface area (Å²) in [5.74, 6) is 0.0999. The number of halogens is 1. The minimum Gasteiger partial charge on any atom is -0.491 e. The van der Waals surface area contributed by atoms with Crippen molar-refractivity contribution in [1.29, 1.82) is 0 Å². The van der Waals surface area contributed by atoms with Crippen LogP contribution in [-0.4, -0.2) is 73.4 Å². The van der Waals surface area contributed by atoms with E-state index in [0.717, 1.165) is 18.4 Å². The van der Waals surface area contributed by atoms with Gasteiger partial charge in [0.15, 0.2) is 0 Å². The lowest BCUT2D eigenvalue weighted by Gasteiger charge is -2.37. The van der Waals surface area contributed by atoms with Gasteiger partial charge in [-0.1, -0.05) is 13.0 Å². The summed E-state index contributed by atoms with van der Waals surface area (Å²) in [5, 5.41) is 12.2. The molecule has 1 aromatic heterocycles. The van der Waals surface area contributed by atoms with Gasteiger partial charge in [-0.25, -0.2) is 4.39 Å². The van der Waals surface area contributed by atoms with E-state index in [0.29, 0.717) is 25.4 Å². The fourth-order valence-corrected chi connectivity index (χ4v) is 4.91. The molecule has 0 fully saturated rings. The number of aliphatic hydroxyl groups excluding tert-OH is 1. The van der Waals surface area contributed by atoms with E-state index in [1.807, 2.05) is 28.2 Å². The fraction of sp³-hybridized carbons (Fsp3) is 0.522. The predicted octanol–water partition coefficient (Wildman–Crippen LogP) is 3.11. The lowest BCUT2D eigenvalue weighted by Crippen LogP contribution is -2.48. The molecule has 0 aliphatic carbocycles.